The Hall–Kier alpha value is -3.56. The number of ether oxygens (including phenoxy) is 1. The standard InChI is InChI=1S/C19H19N3O7/c1-11(21-17(24)12-6-2-3-7-13(12)18(21)25)19(26)29-10-16(23)20-14-8-4-5-9-15(14)22(27)28/h2-5,8-9,11-13H,6-7,10H2,1H3,(H,20,23)/t11-,12+,13+/m0/s1. The van der Waals surface area contributed by atoms with Gasteiger partial charge in [-0.3, -0.25) is 29.4 Å². The number of nitro groups is 1. The van der Waals surface area contributed by atoms with Crippen LogP contribution in [0.3, 0.4) is 0 Å². The highest BCUT2D eigenvalue weighted by molar-refractivity contribution is 6.08. The molecule has 1 aliphatic carbocycles. The van der Waals surface area contributed by atoms with Crippen molar-refractivity contribution in [3.05, 3.63) is 46.5 Å². The summed E-state index contributed by atoms with van der Waals surface area (Å²) in [6.07, 6.45) is 4.58. The molecule has 29 heavy (non-hydrogen) atoms. The van der Waals surface area contributed by atoms with Gasteiger partial charge in [-0.2, -0.15) is 0 Å². The maximum Gasteiger partial charge on any atom is 0.329 e. The third-order valence-electron chi connectivity index (χ3n) is 4.99. The van der Waals surface area contributed by atoms with Crippen molar-refractivity contribution in [2.75, 3.05) is 11.9 Å². The molecule has 10 nitrogen and oxygen atoms in total. The molecule has 2 aliphatic rings. The van der Waals surface area contributed by atoms with E-state index in [1.165, 1.54) is 31.2 Å². The molecule has 0 spiro atoms. The summed E-state index contributed by atoms with van der Waals surface area (Å²) in [4.78, 5) is 60.5. The SMILES string of the molecule is C[C@@H](C(=O)OCC(=O)Nc1ccccc1[N+](=O)[O-])N1C(=O)[C@@H]2CC=CC[C@H]2C1=O. The van der Waals surface area contributed by atoms with Gasteiger partial charge in [0.05, 0.1) is 16.8 Å². The number of likely N-dealkylation sites (tertiary alicyclic amines) is 1. The van der Waals surface area contributed by atoms with Crippen LogP contribution in [0.25, 0.3) is 0 Å². The van der Waals surface area contributed by atoms with Crippen LogP contribution < -0.4 is 5.32 Å². The van der Waals surface area contributed by atoms with Gasteiger partial charge in [-0.05, 0) is 25.8 Å². The molecule has 3 amide bonds. The zero-order chi connectivity index (χ0) is 21.1. The summed E-state index contributed by atoms with van der Waals surface area (Å²) in [5, 5.41) is 13.3. The lowest BCUT2D eigenvalue weighted by atomic mass is 9.85. The molecule has 0 aromatic heterocycles. The number of esters is 1. The van der Waals surface area contributed by atoms with Crippen LogP contribution in [0.15, 0.2) is 36.4 Å². The predicted octanol–water partition coefficient (Wildman–Crippen LogP) is 1.42. The Kier molecular flexibility index (Phi) is 5.71. The number of nitro benzene ring substituents is 1. The summed E-state index contributed by atoms with van der Waals surface area (Å²) in [7, 11) is 0. The van der Waals surface area contributed by atoms with Crippen molar-refractivity contribution in [2.45, 2.75) is 25.8 Å². The maximum atomic E-state index is 12.5. The number of carbonyl (C=O) groups excluding carboxylic acids is 4. The van der Waals surface area contributed by atoms with E-state index in [2.05, 4.69) is 5.32 Å². The number of hydrogen-bond acceptors (Lipinski definition) is 7. The molecule has 1 heterocycles. The first-order chi connectivity index (χ1) is 13.8. The maximum absolute atomic E-state index is 12.5. The fraction of sp³-hybridized carbons (Fsp3) is 0.368. The Morgan fingerprint density at radius 1 is 1.21 bits per heavy atom. The molecule has 0 bridgehead atoms. The number of benzene rings is 1. The van der Waals surface area contributed by atoms with Crippen molar-refractivity contribution < 1.29 is 28.8 Å². The summed E-state index contributed by atoms with van der Waals surface area (Å²) in [5.41, 5.74) is -0.335. The number of carbonyl (C=O) groups is 4. The summed E-state index contributed by atoms with van der Waals surface area (Å²) >= 11 is 0. The normalized spacial score (nSPS) is 21.5. The Morgan fingerprint density at radius 3 is 2.38 bits per heavy atom. The molecule has 10 heteroatoms. The number of anilines is 1. The van der Waals surface area contributed by atoms with Crippen LogP contribution in [0.1, 0.15) is 19.8 Å². The van der Waals surface area contributed by atoms with Crippen molar-refractivity contribution in [3.63, 3.8) is 0 Å². The minimum Gasteiger partial charge on any atom is -0.454 e. The fourth-order valence-corrected chi connectivity index (χ4v) is 3.50. The first-order valence-corrected chi connectivity index (χ1v) is 9.03. The van der Waals surface area contributed by atoms with E-state index in [0.717, 1.165) is 4.90 Å². The largest absolute Gasteiger partial charge is 0.454 e. The van der Waals surface area contributed by atoms with Gasteiger partial charge in [-0.1, -0.05) is 24.3 Å². The number of hydrogen-bond donors (Lipinski definition) is 1. The van der Waals surface area contributed by atoms with Crippen LogP contribution >= 0.6 is 0 Å². The second-order valence-electron chi connectivity index (χ2n) is 6.81. The first kappa shape index (κ1) is 20.2. The van der Waals surface area contributed by atoms with Gasteiger partial charge < -0.3 is 10.1 Å². The molecule has 0 radical (unpaired) electrons. The molecule has 1 aromatic carbocycles. The summed E-state index contributed by atoms with van der Waals surface area (Å²) in [5.74, 6) is -3.46. The van der Waals surface area contributed by atoms with Gasteiger partial charge >= 0.3 is 5.97 Å². The highest BCUT2D eigenvalue weighted by atomic mass is 16.6. The molecule has 0 unspecified atom stereocenters. The van der Waals surface area contributed by atoms with E-state index in [9.17, 15) is 29.3 Å². The van der Waals surface area contributed by atoms with Gasteiger partial charge in [0.2, 0.25) is 11.8 Å². The fourth-order valence-electron chi connectivity index (χ4n) is 3.50. The molecule has 1 N–H and O–H groups in total. The second kappa shape index (κ2) is 8.21. The number of rotatable bonds is 6. The molecular weight excluding hydrogens is 382 g/mol. The Morgan fingerprint density at radius 2 is 1.79 bits per heavy atom. The lowest BCUT2D eigenvalue weighted by molar-refractivity contribution is -0.383. The Bertz CT molecular complexity index is 885. The van der Waals surface area contributed by atoms with Crippen molar-refractivity contribution in [2.24, 2.45) is 11.8 Å². The molecule has 3 rings (SSSR count). The number of para-hydroxylation sites is 2. The van der Waals surface area contributed by atoms with Gasteiger partial charge in [0.25, 0.3) is 11.6 Å². The lowest BCUT2D eigenvalue weighted by Crippen LogP contribution is -2.45. The lowest BCUT2D eigenvalue weighted by Gasteiger charge is -2.21. The van der Waals surface area contributed by atoms with Crippen LogP contribution in [0.5, 0.6) is 0 Å². The van der Waals surface area contributed by atoms with Crippen molar-refractivity contribution in [1.29, 1.82) is 0 Å². The highest BCUT2D eigenvalue weighted by Gasteiger charge is 2.50. The minimum atomic E-state index is -1.17. The molecule has 152 valence electrons. The number of nitrogens with one attached hydrogen (secondary N) is 1. The first-order valence-electron chi connectivity index (χ1n) is 9.03. The van der Waals surface area contributed by atoms with E-state index in [1.807, 2.05) is 12.2 Å². The van der Waals surface area contributed by atoms with Crippen LogP contribution in [0.2, 0.25) is 0 Å². The van der Waals surface area contributed by atoms with E-state index in [0.29, 0.717) is 12.8 Å². The van der Waals surface area contributed by atoms with E-state index in [-0.39, 0.29) is 11.4 Å². The van der Waals surface area contributed by atoms with Crippen molar-refractivity contribution in [1.82, 2.24) is 4.90 Å². The number of allylic oxidation sites excluding steroid dienone is 2. The number of nitrogens with zero attached hydrogens (tertiary/aromatic N) is 2. The zero-order valence-corrected chi connectivity index (χ0v) is 15.6. The monoisotopic (exact) mass is 401 g/mol. The third-order valence-corrected chi connectivity index (χ3v) is 4.99. The zero-order valence-electron chi connectivity index (χ0n) is 15.6. The Labute approximate surface area is 165 Å². The highest BCUT2D eigenvalue weighted by Crippen LogP contribution is 2.36. The average Bonchev–Trinajstić information content (AvgIpc) is 2.96. The van der Waals surface area contributed by atoms with Gasteiger partial charge in [-0.25, -0.2) is 4.79 Å². The molecule has 1 saturated heterocycles. The second-order valence-corrected chi connectivity index (χ2v) is 6.81. The predicted molar refractivity (Wildman–Crippen MR) is 99.4 cm³/mol. The summed E-state index contributed by atoms with van der Waals surface area (Å²) in [6.45, 7) is 0.655. The molecular formula is C19H19N3O7. The van der Waals surface area contributed by atoms with Gasteiger partial charge in [0, 0.05) is 6.07 Å². The van der Waals surface area contributed by atoms with Crippen LogP contribution in [-0.4, -0.2) is 46.2 Å². The van der Waals surface area contributed by atoms with Gasteiger partial charge in [-0.15, -0.1) is 0 Å². The molecule has 3 atom stereocenters. The molecule has 1 aliphatic heterocycles. The van der Waals surface area contributed by atoms with Gasteiger partial charge in [0.15, 0.2) is 6.61 Å². The summed E-state index contributed by atoms with van der Waals surface area (Å²) in [6, 6.07) is 4.36. The van der Waals surface area contributed by atoms with Crippen molar-refractivity contribution in [3.8, 4) is 0 Å². The average molecular weight is 401 g/mol. The van der Waals surface area contributed by atoms with E-state index in [1.54, 1.807) is 0 Å². The third kappa shape index (κ3) is 4.00. The van der Waals surface area contributed by atoms with E-state index >= 15 is 0 Å². The number of imide groups is 1. The quantitative estimate of drug-likeness (QED) is 0.250. The van der Waals surface area contributed by atoms with Crippen molar-refractivity contribution >= 4 is 35.1 Å². The number of amides is 3. The molecule has 1 fully saturated rings. The smallest absolute Gasteiger partial charge is 0.329 e. The molecule has 1 aromatic rings. The van der Waals surface area contributed by atoms with Crippen LogP contribution in [0.4, 0.5) is 11.4 Å². The minimum absolute atomic E-state index is 0.0342. The van der Waals surface area contributed by atoms with Gasteiger partial charge in [0.1, 0.15) is 11.7 Å². The van der Waals surface area contributed by atoms with Crippen LogP contribution in [0, 0.1) is 22.0 Å². The van der Waals surface area contributed by atoms with E-state index in [4.69, 9.17) is 4.74 Å². The Balaban J connectivity index is 1.58. The number of fused-ring (bicyclic) bond motifs is 1. The van der Waals surface area contributed by atoms with Crippen LogP contribution in [-0.2, 0) is 23.9 Å². The topological polar surface area (TPSA) is 136 Å². The van der Waals surface area contributed by atoms with E-state index < -0.39 is 53.1 Å². The summed E-state index contributed by atoms with van der Waals surface area (Å²) < 4.78 is 4.92. The molecule has 0 saturated carbocycles.